The molecule has 1 heterocycles. The molecule has 5 nitrogen and oxygen atoms in total. The first-order chi connectivity index (χ1) is 13.2. The third kappa shape index (κ3) is 7.24. The van der Waals surface area contributed by atoms with E-state index in [0.717, 1.165) is 60.3 Å². The second-order valence-corrected chi connectivity index (χ2v) is 7.92. The molecule has 1 fully saturated rings. The topological polar surface area (TPSA) is 58.5 Å². The van der Waals surface area contributed by atoms with Crippen molar-refractivity contribution in [1.82, 2.24) is 15.6 Å². The van der Waals surface area contributed by atoms with Crippen molar-refractivity contribution < 1.29 is 4.74 Å². The van der Waals surface area contributed by atoms with Crippen molar-refractivity contribution >= 4 is 41.3 Å². The molecule has 3 rings (SSSR count). The van der Waals surface area contributed by atoms with Crippen molar-refractivity contribution in [2.45, 2.75) is 58.6 Å². The SMILES string of the molecule is CCNC(=NCc1ccccc1OC1CCCC1)NCCc1csc(C)n1.I. The summed E-state index contributed by atoms with van der Waals surface area (Å²) in [5.74, 6) is 1.81. The summed E-state index contributed by atoms with van der Waals surface area (Å²) < 4.78 is 6.22. The van der Waals surface area contributed by atoms with Crippen LogP contribution in [0.15, 0.2) is 34.6 Å². The molecule has 0 aliphatic heterocycles. The van der Waals surface area contributed by atoms with Crippen molar-refractivity contribution in [2.24, 2.45) is 4.99 Å². The number of rotatable bonds is 8. The van der Waals surface area contributed by atoms with Crippen LogP contribution in [0.1, 0.15) is 48.9 Å². The lowest BCUT2D eigenvalue weighted by Crippen LogP contribution is -2.38. The predicted octanol–water partition coefficient (Wildman–Crippen LogP) is 4.69. The third-order valence-electron chi connectivity index (χ3n) is 4.66. The smallest absolute Gasteiger partial charge is 0.191 e. The highest BCUT2D eigenvalue weighted by atomic mass is 127. The summed E-state index contributed by atoms with van der Waals surface area (Å²) in [5, 5.41) is 9.96. The highest BCUT2D eigenvalue weighted by molar-refractivity contribution is 14.0. The van der Waals surface area contributed by atoms with E-state index >= 15 is 0 Å². The van der Waals surface area contributed by atoms with Gasteiger partial charge in [-0.1, -0.05) is 18.2 Å². The van der Waals surface area contributed by atoms with Crippen LogP contribution in [0, 0.1) is 6.92 Å². The fraction of sp³-hybridized carbons (Fsp3) is 0.524. The largest absolute Gasteiger partial charge is 0.490 e. The van der Waals surface area contributed by atoms with E-state index in [1.165, 1.54) is 12.8 Å². The molecule has 0 atom stereocenters. The number of halogens is 1. The first-order valence-electron chi connectivity index (χ1n) is 9.92. The zero-order valence-electron chi connectivity index (χ0n) is 16.7. The molecule has 1 aromatic heterocycles. The summed E-state index contributed by atoms with van der Waals surface area (Å²) >= 11 is 1.70. The minimum Gasteiger partial charge on any atom is -0.490 e. The highest BCUT2D eigenvalue weighted by Crippen LogP contribution is 2.27. The molecule has 0 amide bonds. The molecule has 0 bridgehead atoms. The number of aryl methyl sites for hydroxylation is 1. The molecule has 1 aliphatic carbocycles. The Kier molecular flexibility index (Phi) is 10.0. The van der Waals surface area contributed by atoms with Crippen LogP contribution in [-0.4, -0.2) is 30.1 Å². The normalized spacial score (nSPS) is 14.6. The Bertz CT molecular complexity index is 744. The number of aromatic nitrogens is 1. The molecule has 0 saturated heterocycles. The van der Waals surface area contributed by atoms with Gasteiger partial charge in [-0.2, -0.15) is 0 Å². The highest BCUT2D eigenvalue weighted by Gasteiger charge is 2.17. The fourth-order valence-electron chi connectivity index (χ4n) is 3.27. The molecule has 28 heavy (non-hydrogen) atoms. The van der Waals surface area contributed by atoms with Crippen LogP contribution in [0.3, 0.4) is 0 Å². The molecule has 1 aliphatic rings. The van der Waals surface area contributed by atoms with Crippen molar-refractivity contribution in [3.8, 4) is 5.75 Å². The summed E-state index contributed by atoms with van der Waals surface area (Å²) in [4.78, 5) is 9.26. The number of hydrogen-bond donors (Lipinski definition) is 2. The predicted molar refractivity (Wildman–Crippen MR) is 128 cm³/mol. The van der Waals surface area contributed by atoms with Gasteiger partial charge >= 0.3 is 0 Å². The number of nitrogens with zero attached hydrogens (tertiary/aromatic N) is 2. The number of ether oxygens (including phenoxy) is 1. The lowest BCUT2D eigenvalue weighted by molar-refractivity contribution is 0.208. The Morgan fingerprint density at radius 1 is 1.25 bits per heavy atom. The van der Waals surface area contributed by atoms with E-state index in [9.17, 15) is 0 Å². The average molecular weight is 514 g/mol. The van der Waals surface area contributed by atoms with E-state index in [1.54, 1.807) is 11.3 Å². The number of aliphatic imine (C=N–C) groups is 1. The van der Waals surface area contributed by atoms with Gasteiger partial charge in [0.2, 0.25) is 0 Å². The Hall–Kier alpha value is -1.35. The van der Waals surface area contributed by atoms with Crippen LogP contribution in [-0.2, 0) is 13.0 Å². The maximum atomic E-state index is 6.22. The molecule has 1 saturated carbocycles. The van der Waals surface area contributed by atoms with Gasteiger partial charge in [-0.25, -0.2) is 9.98 Å². The van der Waals surface area contributed by atoms with Gasteiger partial charge in [-0.15, -0.1) is 35.3 Å². The van der Waals surface area contributed by atoms with Crippen LogP contribution < -0.4 is 15.4 Å². The first-order valence-corrected chi connectivity index (χ1v) is 10.8. The summed E-state index contributed by atoms with van der Waals surface area (Å²) in [6.07, 6.45) is 6.14. The average Bonchev–Trinajstić information content (AvgIpc) is 3.32. The molecule has 0 radical (unpaired) electrons. The number of para-hydroxylation sites is 1. The van der Waals surface area contributed by atoms with Gasteiger partial charge in [0, 0.05) is 30.5 Å². The fourth-order valence-corrected chi connectivity index (χ4v) is 3.92. The van der Waals surface area contributed by atoms with E-state index in [4.69, 9.17) is 9.73 Å². The number of hydrogen-bond acceptors (Lipinski definition) is 4. The zero-order chi connectivity index (χ0) is 18.9. The second-order valence-electron chi connectivity index (χ2n) is 6.86. The van der Waals surface area contributed by atoms with Gasteiger partial charge in [0.15, 0.2) is 5.96 Å². The number of guanidine groups is 1. The number of benzene rings is 1. The maximum absolute atomic E-state index is 6.22. The molecule has 154 valence electrons. The summed E-state index contributed by atoms with van der Waals surface area (Å²) in [5.41, 5.74) is 2.27. The molecule has 0 spiro atoms. The number of thiazole rings is 1. The van der Waals surface area contributed by atoms with Crippen molar-refractivity contribution in [3.63, 3.8) is 0 Å². The van der Waals surface area contributed by atoms with Crippen LogP contribution >= 0.6 is 35.3 Å². The Balaban J connectivity index is 0.00000280. The minimum absolute atomic E-state index is 0. The van der Waals surface area contributed by atoms with Crippen LogP contribution in [0.2, 0.25) is 0 Å². The molecule has 7 heteroatoms. The monoisotopic (exact) mass is 514 g/mol. The Labute approximate surface area is 189 Å². The minimum atomic E-state index is 0. The van der Waals surface area contributed by atoms with Gasteiger partial charge in [-0.05, 0) is 45.6 Å². The standard InChI is InChI=1S/C21H30N4OS.HI/c1-3-22-21(23-13-12-18-15-27-16(2)25-18)24-14-17-8-4-7-11-20(17)26-19-9-5-6-10-19;/h4,7-8,11,15,19H,3,5-6,9-10,12-14H2,1-2H3,(H2,22,23,24);1H. The summed E-state index contributed by atoms with van der Waals surface area (Å²) in [7, 11) is 0. The third-order valence-corrected chi connectivity index (χ3v) is 5.48. The van der Waals surface area contributed by atoms with Gasteiger partial charge in [-0.3, -0.25) is 0 Å². The van der Waals surface area contributed by atoms with E-state index in [0.29, 0.717) is 12.6 Å². The van der Waals surface area contributed by atoms with Crippen LogP contribution in [0.25, 0.3) is 0 Å². The van der Waals surface area contributed by atoms with Crippen molar-refractivity contribution in [3.05, 3.63) is 45.9 Å². The van der Waals surface area contributed by atoms with Crippen LogP contribution in [0.4, 0.5) is 0 Å². The molecular formula is C21H31IN4OS. The van der Waals surface area contributed by atoms with Gasteiger partial charge in [0.25, 0.3) is 0 Å². The molecule has 1 aromatic carbocycles. The van der Waals surface area contributed by atoms with Gasteiger partial charge < -0.3 is 15.4 Å². The zero-order valence-corrected chi connectivity index (χ0v) is 19.9. The van der Waals surface area contributed by atoms with Crippen LogP contribution in [0.5, 0.6) is 5.75 Å². The first kappa shape index (κ1) is 22.9. The lowest BCUT2D eigenvalue weighted by atomic mass is 10.2. The Morgan fingerprint density at radius 2 is 2.04 bits per heavy atom. The van der Waals surface area contributed by atoms with E-state index in [-0.39, 0.29) is 24.0 Å². The van der Waals surface area contributed by atoms with E-state index < -0.39 is 0 Å². The lowest BCUT2D eigenvalue weighted by Gasteiger charge is -2.16. The summed E-state index contributed by atoms with van der Waals surface area (Å²) in [6, 6.07) is 8.26. The Morgan fingerprint density at radius 3 is 2.75 bits per heavy atom. The second kappa shape index (κ2) is 12.3. The molecular weight excluding hydrogens is 483 g/mol. The molecule has 2 N–H and O–H groups in total. The molecule has 2 aromatic rings. The number of nitrogens with one attached hydrogen (secondary N) is 2. The van der Waals surface area contributed by atoms with Crippen molar-refractivity contribution in [1.29, 1.82) is 0 Å². The summed E-state index contributed by atoms with van der Waals surface area (Å²) in [6.45, 7) is 6.38. The quantitative estimate of drug-likeness (QED) is 0.305. The maximum Gasteiger partial charge on any atom is 0.191 e. The van der Waals surface area contributed by atoms with Crippen molar-refractivity contribution in [2.75, 3.05) is 13.1 Å². The van der Waals surface area contributed by atoms with Gasteiger partial charge in [0.05, 0.1) is 23.4 Å². The van der Waals surface area contributed by atoms with Gasteiger partial charge in [0.1, 0.15) is 5.75 Å². The van der Waals surface area contributed by atoms with E-state index in [2.05, 4.69) is 46.1 Å². The molecule has 0 unspecified atom stereocenters. The van der Waals surface area contributed by atoms with E-state index in [1.807, 2.05) is 13.0 Å².